The molecule has 2 rings (SSSR count). The Morgan fingerprint density at radius 3 is 2.25 bits per heavy atom. The fraction of sp³-hybridized carbons (Fsp3) is 0.235. The number of benzene rings is 2. The van der Waals surface area contributed by atoms with Crippen molar-refractivity contribution in [3.05, 3.63) is 53.6 Å². The van der Waals surface area contributed by atoms with E-state index in [4.69, 9.17) is 0 Å². The lowest BCUT2D eigenvalue weighted by Crippen LogP contribution is -2.12. The number of carboxylic acids is 1. The van der Waals surface area contributed by atoms with Gasteiger partial charge in [0, 0.05) is 0 Å². The summed E-state index contributed by atoms with van der Waals surface area (Å²) in [5.74, 6) is -0.780. The van der Waals surface area contributed by atoms with Crippen LogP contribution in [0, 0.1) is 0 Å². The van der Waals surface area contributed by atoms with E-state index in [0.29, 0.717) is 0 Å². The molecule has 0 aliphatic carbocycles. The number of carbonyl (C=O) groups is 1. The van der Waals surface area contributed by atoms with Gasteiger partial charge in [0.15, 0.2) is 0 Å². The Hall–Kier alpha value is -2.29. The maximum Gasteiger partial charge on any atom is 0.335 e. The quantitative estimate of drug-likeness (QED) is 0.865. The molecule has 2 aromatic carbocycles. The zero-order valence-electron chi connectivity index (χ0n) is 11.8. The summed E-state index contributed by atoms with van der Waals surface area (Å²) in [6.07, 6.45) is 0. The summed E-state index contributed by atoms with van der Waals surface area (Å²) < 4.78 is 0. The molecule has 0 aliphatic rings. The van der Waals surface area contributed by atoms with E-state index in [1.165, 1.54) is 0 Å². The van der Waals surface area contributed by atoms with Crippen LogP contribution < -0.4 is 0 Å². The molecule has 3 nitrogen and oxygen atoms in total. The standard InChI is InChI=1S/C17H18O3/c1-17(2,3)14-8-12(7-13(9-14)16(19)20)11-5-4-6-15(18)10-11/h4-10,18H,1-3H3,(H,19,20). The first-order valence-corrected chi connectivity index (χ1v) is 6.45. The van der Waals surface area contributed by atoms with Crippen molar-refractivity contribution in [3.8, 4) is 16.9 Å². The van der Waals surface area contributed by atoms with Crippen LogP contribution in [0.1, 0.15) is 36.7 Å². The van der Waals surface area contributed by atoms with Gasteiger partial charge in [0.1, 0.15) is 5.75 Å². The number of phenolic OH excluding ortho intramolecular Hbond substituents is 1. The number of phenols is 1. The zero-order valence-corrected chi connectivity index (χ0v) is 11.8. The monoisotopic (exact) mass is 270 g/mol. The summed E-state index contributed by atoms with van der Waals surface area (Å²) in [6.45, 7) is 6.13. The molecule has 104 valence electrons. The molecule has 0 fully saturated rings. The van der Waals surface area contributed by atoms with Crippen molar-refractivity contribution < 1.29 is 15.0 Å². The molecule has 20 heavy (non-hydrogen) atoms. The van der Waals surface area contributed by atoms with Gasteiger partial charge < -0.3 is 10.2 Å². The van der Waals surface area contributed by atoms with Crippen molar-refractivity contribution in [3.63, 3.8) is 0 Å². The average Bonchev–Trinajstić information content (AvgIpc) is 2.37. The van der Waals surface area contributed by atoms with E-state index in [0.717, 1.165) is 16.7 Å². The Balaban J connectivity index is 2.64. The summed E-state index contributed by atoms with van der Waals surface area (Å²) in [5, 5.41) is 18.8. The third kappa shape index (κ3) is 2.99. The predicted octanol–water partition coefficient (Wildman–Crippen LogP) is 4.05. The highest BCUT2D eigenvalue weighted by atomic mass is 16.4. The van der Waals surface area contributed by atoms with Crippen LogP contribution in [0.2, 0.25) is 0 Å². The van der Waals surface area contributed by atoms with Gasteiger partial charge in [-0.1, -0.05) is 39.0 Å². The van der Waals surface area contributed by atoms with Crippen molar-refractivity contribution in [2.45, 2.75) is 26.2 Å². The Kier molecular flexibility index (Phi) is 3.53. The van der Waals surface area contributed by atoms with Crippen LogP contribution >= 0.6 is 0 Å². The molecule has 0 heterocycles. The Morgan fingerprint density at radius 2 is 1.70 bits per heavy atom. The lowest BCUT2D eigenvalue weighted by Gasteiger charge is -2.21. The number of aromatic carboxylic acids is 1. The summed E-state index contributed by atoms with van der Waals surface area (Å²) in [6, 6.07) is 12.1. The Morgan fingerprint density at radius 1 is 1.00 bits per heavy atom. The summed E-state index contributed by atoms with van der Waals surface area (Å²) in [5.41, 5.74) is 2.67. The van der Waals surface area contributed by atoms with Crippen LogP contribution in [0.3, 0.4) is 0 Å². The zero-order chi connectivity index (χ0) is 14.9. The molecule has 0 saturated heterocycles. The van der Waals surface area contributed by atoms with E-state index in [1.807, 2.05) is 32.9 Å². The summed E-state index contributed by atoms with van der Waals surface area (Å²) in [7, 11) is 0. The molecule has 0 unspecified atom stereocenters. The fourth-order valence-electron chi connectivity index (χ4n) is 2.04. The van der Waals surface area contributed by atoms with E-state index in [-0.39, 0.29) is 16.7 Å². The third-order valence-electron chi connectivity index (χ3n) is 3.23. The smallest absolute Gasteiger partial charge is 0.335 e. The maximum atomic E-state index is 11.3. The third-order valence-corrected chi connectivity index (χ3v) is 3.23. The van der Waals surface area contributed by atoms with Crippen molar-refractivity contribution in [2.75, 3.05) is 0 Å². The lowest BCUT2D eigenvalue weighted by molar-refractivity contribution is 0.0697. The second-order valence-electron chi connectivity index (χ2n) is 5.90. The summed E-state index contributed by atoms with van der Waals surface area (Å²) in [4.78, 5) is 11.3. The number of aromatic hydroxyl groups is 1. The molecule has 0 aromatic heterocycles. The van der Waals surface area contributed by atoms with Gasteiger partial charge >= 0.3 is 5.97 Å². The van der Waals surface area contributed by atoms with Gasteiger partial charge in [-0.15, -0.1) is 0 Å². The number of hydrogen-bond acceptors (Lipinski definition) is 2. The molecule has 0 amide bonds. The SMILES string of the molecule is CC(C)(C)c1cc(C(=O)O)cc(-c2cccc(O)c2)c1. The van der Waals surface area contributed by atoms with Crippen molar-refractivity contribution >= 4 is 5.97 Å². The molecule has 0 atom stereocenters. The minimum atomic E-state index is -0.947. The molecule has 0 bridgehead atoms. The highest BCUT2D eigenvalue weighted by Crippen LogP contribution is 2.30. The van der Waals surface area contributed by atoms with Gasteiger partial charge in [0.25, 0.3) is 0 Å². The molecular weight excluding hydrogens is 252 g/mol. The second kappa shape index (κ2) is 5.00. The van der Waals surface area contributed by atoms with E-state index in [2.05, 4.69) is 0 Å². The van der Waals surface area contributed by atoms with Gasteiger partial charge in [0.2, 0.25) is 0 Å². The topological polar surface area (TPSA) is 57.5 Å². The first kappa shape index (κ1) is 14.1. The van der Waals surface area contributed by atoms with Crippen LogP contribution in [0.4, 0.5) is 0 Å². The van der Waals surface area contributed by atoms with Gasteiger partial charge in [-0.3, -0.25) is 0 Å². The van der Waals surface area contributed by atoms with Gasteiger partial charge in [-0.2, -0.15) is 0 Å². The van der Waals surface area contributed by atoms with E-state index < -0.39 is 5.97 Å². The second-order valence-corrected chi connectivity index (χ2v) is 5.90. The van der Waals surface area contributed by atoms with Crippen molar-refractivity contribution in [1.29, 1.82) is 0 Å². The summed E-state index contributed by atoms with van der Waals surface area (Å²) >= 11 is 0. The number of hydrogen-bond donors (Lipinski definition) is 2. The molecule has 0 saturated carbocycles. The number of carboxylic acid groups (broad SMARTS) is 1. The molecular formula is C17H18O3. The average molecular weight is 270 g/mol. The molecule has 0 aliphatic heterocycles. The maximum absolute atomic E-state index is 11.3. The van der Waals surface area contributed by atoms with Crippen LogP contribution in [-0.2, 0) is 5.41 Å². The lowest BCUT2D eigenvalue weighted by atomic mass is 9.84. The normalized spacial score (nSPS) is 11.3. The first-order chi connectivity index (χ1) is 9.27. The number of rotatable bonds is 2. The minimum absolute atomic E-state index is 0.142. The highest BCUT2D eigenvalue weighted by molar-refractivity contribution is 5.90. The van der Waals surface area contributed by atoms with E-state index >= 15 is 0 Å². The van der Waals surface area contributed by atoms with Crippen molar-refractivity contribution in [1.82, 2.24) is 0 Å². The van der Waals surface area contributed by atoms with Crippen LogP contribution in [-0.4, -0.2) is 16.2 Å². The largest absolute Gasteiger partial charge is 0.508 e. The molecule has 2 N–H and O–H groups in total. The van der Waals surface area contributed by atoms with Crippen LogP contribution in [0.5, 0.6) is 5.75 Å². The van der Waals surface area contributed by atoms with Crippen LogP contribution in [0.15, 0.2) is 42.5 Å². The van der Waals surface area contributed by atoms with Crippen LogP contribution in [0.25, 0.3) is 11.1 Å². The van der Waals surface area contributed by atoms with E-state index in [1.54, 1.807) is 30.3 Å². The van der Waals surface area contributed by atoms with Gasteiger partial charge in [-0.05, 0) is 46.4 Å². The molecule has 0 radical (unpaired) electrons. The molecule has 3 heteroatoms. The van der Waals surface area contributed by atoms with Gasteiger partial charge in [-0.25, -0.2) is 4.79 Å². The first-order valence-electron chi connectivity index (χ1n) is 6.45. The minimum Gasteiger partial charge on any atom is -0.508 e. The molecule has 0 spiro atoms. The Labute approximate surface area is 118 Å². The molecule has 2 aromatic rings. The van der Waals surface area contributed by atoms with E-state index in [9.17, 15) is 15.0 Å². The Bertz CT molecular complexity index is 652. The highest BCUT2D eigenvalue weighted by Gasteiger charge is 2.17. The van der Waals surface area contributed by atoms with Gasteiger partial charge in [0.05, 0.1) is 5.56 Å². The fourth-order valence-corrected chi connectivity index (χ4v) is 2.04. The van der Waals surface area contributed by atoms with Crippen molar-refractivity contribution in [2.24, 2.45) is 0 Å². The predicted molar refractivity (Wildman–Crippen MR) is 79.2 cm³/mol.